The molecule has 0 aliphatic heterocycles. The third kappa shape index (κ3) is 5.14. The number of sulfonamides is 1. The van der Waals surface area contributed by atoms with Gasteiger partial charge in [-0.05, 0) is 31.2 Å². The minimum absolute atomic E-state index is 0.0645. The molecular weight excluding hydrogens is 396 g/mol. The molecule has 0 saturated carbocycles. The molecule has 0 spiro atoms. The van der Waals surface area contributed by atoms with Crippen molar-refractivity contribution in [2.24, 2.45) is 0 Å². The predicted molar refractivity (Wildman–Crippen MR) is 109 cm³/mol. The number of nitrogens with zero attached hydrogens (tertiary/aromatic N) is 1. The summed E-state index contributed by atoms with van der Waals surface area (Å²) in [5.74, 6) is -1.64. The molecule has 0 bridgehead atoms. The first-order valence-electron chi connectivity index (χ1n) is 8.67. The van der Waals surface area contributed by atoms with Crippen molar-refractivity contribution in [3.63, 3.8) is 0 Å². The van der Waals surface area contributed by atoms with Gasteiger partial charge in [-0.3, -0.25) is 4.31 Å². The summed E-state index contributed by atoms with van der Waals surface area (Å²) < 4.78 is 37.1. The van der Waals surface area contributed by atoms with E-state index in [9.17, 15) is 18.0 Å². The van der Waals surface area contributed by atoms with Gasteiger partial charge in [0, 0.05) is 6.54 Å². The van der Waals surface area contributed by atoms with Crippen molar-refractivity contribution in [3.8, 4) is 0 Å². The molecule has 0 saturated heterocycles. The molecule has 2 aromatic rings. The van der Waals surface area contributed by atoms with E-state index in [4.69, 9.17) is 0 Å². The van der Waals surface area contributed by atoms with Gasteiger partial charge >= 0.3 is 11.9 Å². The average molecular weight is 418 g/mol. The van der Waals surface area contributed by atoms with Crippen LogP contribution in [0.5, 0.6) is 0 Å². The highest BCUT2D eigenvalue weighted by Gasteiger charge is 2.27. The standard InChI is InChI=1S/C20H22N2O6S/c1-4-22(15-10-6-5-7-11-15)29(25,26)18-13-9-8-12-16(18)21-17(20(24)28-3)14-19(23)27-2/h5-14,21H,4H2,1-3H3/b17-14+. The molecule has 0 amide bonds. The Morgan fingerprint density at radius 2 is 1.62 bits per heavy atom. The fourth-order valence-corrected chi connectivity index (χ4v) is 4.20. The van der Waals surface area contributed by atoms with Crippen molar-refractivity contribution in [1.29, 1.82) is 0 Å². The zero-order valence-corrected chi connectivity index (χ0v) is 17.1. The third-order valence-corrected chi connectivity index (χ3v) is 5.89. The first-order valence-corrected chi connectivity index (χ1v) is 10.1. The number of benzene rings is 2. The maximum absolute atomic E-state index is 13.3. The first kappa shape index (κ1) is 22.0. The molecule has 2 rings (SSSR count). The summed E-state index contributed by atoms with van der Waals surface area (Å²) in [4.78, 5) is 23.5. The van der Waals surface area contributed by atoms with E-state index in [1.165, 1.54) is 16.4 Å². The van der Waals surface area contributed by atoms with Crippen molar-refractivity contribution in [3.05, 3.63) is 66.4 Å². The number of anilines is 2. The summed E-state index contributed by atoms with van der Waals surface area (Å²) in [7, 11) is -1.67. The SMILES string of the molecule is CCN(c1ccccc1)S(=O)(=O)c1ccccc1N/C(=C/C(=O)OC)C(=O)OC. The van der Waals surface area contributed by atoms with E-state index in [2.05, 4.69) is 14.8 Å². The molecule has 0 unspecified atom stereocenters. The minimum Gasteiger partial charge on any atom is -0.466 e. The number of hydrogen-bond acceptors (Lipinski definition) is 7. The van der Waals surface area contributed by atoms with Crippen molar-refractivity contribution in [2.75, 3.05) is 30.4 Å². The van der Waals surface area contributed by atoms with Gasteiger partial charge in [0.15, 0.2) is 0 Å². The Morgan fingerprint density at radius 1 is 1.00 bits per heavy atom. The zero-order chi connectivity index (χ0) is 21.4. The molecule has 0 atom stereocenters. The molecule has 0 aliphatic rings. The number of hydrogen-bond donors (Lipinski definition) is 1. The summed E-state index contributed by atoms with van der Waals surface area (Å²) in [5.41, 5.74) is 0.357. The summed E-state index contributed by atoms with van der Waals surface area (Å²) in [6, 6.07) is 14.7. The van der Waals surface area contributed by atoms with Crippen LogP contribution in [-0.4, -0.2) is 41.1 Å². The predicted octanol–water partition coefficient (Wildman–Crippen LogP) is 2.54. The molecule has 154 valence electrons. The lowest BCUT2D eigenvalue weighted by Gasteiger charge is -2.24. The van der Waals surface area contributed by atoms with E-state index < -0.39 is 22.0 Å². The Hall–Kier alpha value is -3.33. The zero-order valence-electron chi connectivity index (χ0n) is 16.3. The van der Waals surface area contributed by atoms with Crippen molar-refractivity contribution in [1.82, 2.24) is 0 Å². The van der Waals surface area contributed by atoms with Gasteiger partial charge in [0.1, 0.15) is 10.6 Å². The van der Waals surface area contributed by atoms with Crippen LogP contribution < -0.4 is 9.62 Å². The van der Waals surface area contributed by atoms with Crippen LogP contribution in [0.4, 0.5) is 11.4 Å². The Kier molecular flexibility index (Phi) is 7.38. The fourth-order valence-electron chi connectivity index (χ4n) is 2.58. The number of nitrogens with one attached hydrogen (secondary N) is 1. The molecule has 8 nitrogen and oxygen atoms in total. The van der Waals surface area contributed by atoms with Gasteiger partial charge in [-0.2, -0.15) is 0 Å². The summed E-state index contributed by atoms with van der Waals surface area (Å²) in [6.07, 6.45) is 0.893. The second-order valence-electron chi connectivity index (χ2n) is 5.70. The normalized spacial score (nSPS) is 11.5. The van der Waals surface area contributed by atoms with Gasteiger partial charge in [0.25, 0.3) is 10.0 Å². The van der Waals surface area contributed by atoms with Gasteiger partial charge in [-0.25, -0.2) is 18.0 Å². The average Bonchev–Trinajstić information content (AvgIpc) is 2.73. The largest absolute Gasteiger partial charge is 0.466 e. The van der Waals surface area contributed by atoms with Gasteiger partial charge in [-0.15, -0.1) is 0 Å². The molecule has 29 heavy (non-hydrogen) atoms. The summed E-state index contributed by atoms with van der Waals surface area (Å²) in [6.45, 7) is 1.92. The molecule has 1 N–H and O–H groups in total. The van der Waals surface area contributed by atoms with E-state index in [1.807, 2.05) is 0 Å². The topological polar surface area (TPSA) is 102 Å². The lowest BCUT2D eigenvalue weighted by atomic mass is 10.3. The van der Waals surface area contributed by atoms with Gasteiger partial charge < -0.3 is 14.8 Å². The van der Waals surface area contributed by atoms with E-state index in [0.29, 0.717) is 5.69 Å². The molecule has 0 radical (unpaired) electrons. The van der Waals surface area contributed by atoms with E-state index in [0.717, 1.165) is 20.3 Å². The Balaban J connectivity index is 2.52. The number of rotatable bonds is 8. The number of methoxy groups -OCH3 is 2. The molecule has 0 aliphatic carbocycles. The lowest BCUT2D eigenvalue weighted by Crippen LogP contribution is -2.31. The van der Waals surface area contributed by atoms with Crippen LogP contribution in [0.2, 0.25) is 0 Å². The molecule has 0 fully saturated rings. The van der Waals surface area contributed by atoms with Crippen molar-refractivity contribution in [2.45, 2.75) is 11.8 Å². The quantitative estimate of drug-likeness (QED) is 0.519. The fraction of sp³-hybridized carbons (Fsp3) is 0.200. The van der Waals surface area contributed by atoms with Gasteiger partial charge in [0.2, 0.25) is 0 Å². The van der Waals surface area contributed by atoms with Crippen LogP contribution >= 0.6 is 0 Å². The maximum Gasteiger partial charge on any atom is 0.354 e. The van der Waals surface area contributed by atoms with Crippen LogP contribution in [0, 0.1) is 0 Å². The van der Waals surface area contributed by atoms with E-state index in [1.54, 1.807) is 49.4 Å². The Morgan fingerprint density at radius 3 is 2.21 bits per heavy atom. The monoisotopic (exact) mass is 418 g/mol. The van der Waals surface area contributed by atoms with Gasteiger partial charge in [0.05, 0.1) is 31.7 Å². The number of para-hydroxylation sites is 2. The molecule has 2 aromatic carbocycles. The van der Waals surface area contributed by atoms with Crippen LogP contribution in [-0.2, 0) is 29.1 Å². The molecule has 0 aromatic heterocycles. The Bertz CT molecular complexity index is 1000. The van der Waals surface area contributed by atoms with Crippen LogP contribution in [0.1, 0.15) is 6.92 Å². The third-order valence-electron chi connectivity index (χ3n) is 3.92. The first-order chi connectivity index (χ1) is 13.8. The highest BCUT2D eigenvalue weighted by Crippen LogP contribution is 2.29. The van der Waals surface area contributed by atoms with Crippen LogP contribution in [0.3, 0.4) is 0 Å². The van der Waals surface area contributed by atoms with Gasteiger partial charge in [-0.1, -0.05) is 30.3 Å². The molecular formula is C20H22N2O6S. The number of carbonyl (C=O) groups is 2. The second kappa shape index (κ2) is 9.74. The van der Waals surface area contributed by atoms with E-state index in [-0.39, 0.29) is 22.8 Å². The summed E-state index contributed by atoms with van der Waals surface area (Å²) >= 11 is 0. The highest BCUT2D eigenvalue weighted by molar-refractivity contribution is 7.93. The second-order valence-corrected chi connectivity index (χ2v) is 7.53. The number of ether oxygens (including phenoxy) is 2. The van der Waals surface area contributed by atoms with Crippen LogP contribution in [0.25, 0.3) is 0 Å². The smallest absolute Gasteiger partial charge is 0.354 e. The molecule has 0 heterocycles. The lowest BCUT2D eigenvalue weighted by molar-refractivity contribution is -0.138. The van der Waals surface area contributed by atoms with Crippen molar-refractivity contribution >= 4 is 33.3 Å². The van der Waals surface area contributed by atoms with Crippen molar-refractivity contribution < 1.29 is 27.5 Å². The van der Waals surface area contributed by atoms with E-state index >= 15 is 0 Å². The summed E-state index contributed by atoms with van der Waals surface area (Å²) in [5, 5.41) is 2.68. The molecule has 9 heteroatoms. The minimum atomic E-state index is -3.97. The Labute approximate surface area is 169 Å². The maximum atomic E-state index is 13.3. The number of esters is 2. The van der Waals surface area contributed by atoms with Crippen LogP contribution in [0.15, 0.2) is 71.3 Å². The highest BCUT2D eigenvalue weighted by atomic mass is 32.2. The number of carbonyl (C=O) groups excluding carboxylic acids is 2.